The molecule has 0 amide bonds. The van der Waals surface area contributed by atoms with Crippen molar-refractivity contribution in [1.29, 1.82) is 0 Å². The molecule has 2 rings (SSSR count). The van der Waals surface area contributed by atoms with Gasteiger partial charge in [-0.15, -0.1) is 11.3 Å². The van der Waals surface area contributed by atoms with Gasteiger partial charge in [0.05, 0.1) is 18.6 Å². The Morgan fingerprint density at radius 3 is 3.24 bits per heavy atom. The summed E-state index contributed by atoms with van der Waals surface area (Å²) >= 11 is 2.99. The Bertz CT molecular complexity index is 521. The Kier molecular flexibility index (Phi) is 4.03. The van der Waals surface area contributed by atoms with E-state index in [4.69, 9.17) is 0 Å². The molecular formula is C10H13N3O2S2. The normalized spacial score (nSPS) is 10.9. The van der Waals surface area contributed by atoms with Crippen molar-refractivity contribution in [3.8, 4) is 0 Å². The van der Waals surface area contributed by atoms with Crippen molar-refractivity contribution in [1.82, 2.24) is 14.7 Å². The number of carbonyl (C=O) groups excluding carboxylic acids is 1. The highest BCUT2D eigenvalue weighted by atomic mass is 32.2. The Morgan fingerprint density at radius 2 is 2.53 bits per heavy atom. The molecule has 0 saturated heterocycles. The van der Waals surface area contributed by atoms with E-state index in [1.807, 2.05) is 23.0 Å². The minimum Gasteiger partial charge on any atom is -0.468 e. The molecule has 7 heteroatoms. The van der Waals surface area contributed by atoms with Gasteiger partial charge in [-0.3, -0.25) is 9.20 Å². The maximum atomic E-state index is 11.1. The molecule has 2 aromatic rings. The number of fused-ring (bicyclic) bond motifs is 1. The number of imidazole rings is 1. The van der Waals surface area contributed by atoms with E-state index in [-0.39, 0.29) is 11.7 Å². The second kappa shape index (κ2) is 5.52. The third-order valence-corrected chi connectivity index (χ3v) is 3.96. The number of methoxy groups -OCH3 is 1. The predicted octanol–water partition coefficient (Wildman–Crippen LogP) is 1.38. The molecule has 2 heterocycles. The van der Waals surface area contributed by atoms with Crippen LogP contribution >= 0.6 is 23.1 Å². The molecule has 1 N–H and O–H groups in total. The van der Waals surface area contributed by atoms with Crippen LogP contribution in [0.4, 0.5) is 0 Å². The highest BCUT2D eigenvalue weighted by molar-refractivity contribution is 7.99. The smallest absolute Gasteiger partial charge is 0.316 e. The van der Waals surface area contributed by atoms with Gasteiger partial charge < -0.3 is 10.1 Å². The van der Waals surface area contributed by atoms with Crippen molar-refractivity contribution in [2.45, 2.75) is 11.6 Å². The first-order valence-corrected chi connectivity index (χ1v) is 6.91. The lowest BCUT2D eigenvalue weighted by Crippen LogP contribution is -2.09. The summed E-state index contributed by atoms with van der Waals surface area (Å²) in [5.41, 5.74) is 1.08. The van der Waals surface area contributed by atoms with Crippen molar-refractivity contribution in [2.24, 2.45) is 0 Å². The monoisotopic (exact) mass is 271 g/mol. The van der Waals surface area contributed by atoms with E-state index in [1.54, 1.807) is 11.3 Å². The molecular weight excluding hydrogens is 258 g/mol. The summed E-state index contributed by atoms with van der Waals surface area (Å²) in [4.78, 5) is 16.6. The van der Waals surface area contributed by atoms with Crippen LogP contribution in [0.2, 0.25) is 0 Å². The first-order valence-electron chi connectivity index (χ1n) is 5.05. The molecule has 0 bridgehead atoms. The van der Waals surface area contributed by atoms with Crippen LogP contribution in [0.25, 0.3) is 4.96 Å². The molecule has 92 valence electrons. The molecule has 0 radical (unpaired) electrons. The third kappa shape index (κ3) is 2.62. The number of nitrogens with one attached hydrogen (secondary N) is 1. The second-order valence-electron chi connectivity index (χ2n) is 3.31. The summed E-state index contributed by atoms with van der Waals surface area (Å²) in [5, 5.41) is 5.99. The van der Waals surface area contributed by atoms with Gasteiger partial charge in [-0.05, 0) is 7.05 Å². The van der Waals surface area contributed by atoms with Crippen molar-refractivity contribution in [3.05, 3.63) is 17.3 Å². The number of thioether (sulfide) groups is 1. The lowest BCUT2D eigenvalue weighted by atomic mass is 10.5. The number of esters is 1. The van der Waals surface area contributed by atoms with E-state index in [0.29, 0.717) is 0 Å². The first kappa shape index (κ1) is 12.4. The summed E-state index contributed by atoms with van der Waals surface area (Å²) in [5.74, 6) is 0.0553. The Morgan fingerprint density at radius 1 is 1.71 bits per heavy atom. The zero-order valence-electron chi connectivity index (χ0n) is 9.60. The number of aromatic nitrogens is 2. The van der Waals surface area contributed by atoms with E-state index in [1.165, 1.54) is 18.9 Å². The average molecular weight is 271 g/mol. The summed E-state index contributed by atoms with van der Waals surface area (Å²) in [7, 11) is 3.28. The molecule has 0 saturated carbocycles. The van der Waals surface area contributed by atoms with E-state index in [9.17, 15) is 4.79 Å². The lowest BCUT2D eigenvalue weighted by Gasteiger charge is -2.02. The fraction of sp³-hybridized carbons (Fsp3) is 0.400. The highest BCUT2D eigenvalue weighted by Gasteiger charge is 2.14. The first-order chi connectivity index (χ1) is 8.26. The summed E-state index contributed by atoms with van der Waals surface area (Å²) < 4.78 is 6.66. The van der Waals surface area contributed by atoms with Crippen LogP contribution in [0.3, 0.4) is 0 Å². The molecule has 0 spiro atoms. The van der Waals surface area contributed by atoms with E-state index < -0.39 is 0 Å². The topological polar surface area (TPSA) is 55.6 Å². The summed E-state index contributed by atoms with van der Waals surface area (Å²) in [6.07, 6.45) is 1.99. The molecule has 0 aliphatic rings. The number of nitrogens with zero attached hydrogens (tertiary/aromatic N) is 2. The fourth-order valence-corrected chi connectivity index (χ4v) is 3.09. The maximum absolute atomic E-state index is 11.1. The minimum atomic E-state index is -0.234. The van der Waals surface area contributed by atoms with Gasteiger partial charge in [-0.25, -0.2) is 4.98 Å². The largest absolute Gasteiger partial charge is 0.468 e. The fourth-order valence-electron chi connectivity index (χ4n) is 1.44. The molecule has 0 aromatic carbocycles. The van der Waals surface area contributed by atoms with Crippen LogP contribution in [0.1, 0.15) is 5.69 Å². The minimum absolute atomic E-state index is 0.234. The molecule has 0 fully saturated rings. The summed E-state index contributed by atoms with van der Waals surface area (Å²) in [6, 6.07) is 0. The van der Waals surface area contributed by atoms with Crippen molar-refractivity contribution in [3.63, 3.8) is 0 Å². The van der Waals surface area contributed by atoms with Crippen molar-refractivity contribution < 1.29 is 9.53 Å². The van der Waals surface area contributed by atoms with Gasteiger partial charge in [0.15, 0.2) is 4.96 Å². The molecule has 0 atom stereocenters. The van der Waals surface area contributed by atoms with Crippen molar-refractivity contribution >= 4 is 34.0 Å². The molecule has 0 aliphatic carbocycles. The number of rotatable bonds is 5. The standard InChI is InChI=1S/C10H13N3O2S2/c1-11-5-7-9(17-6-8(14)15-2)12-10-13(7)3-4-16-10/h3-4,11H,5-6H2,1-2H3. The van der Waals surface area contributed by atoms with Crippen LogP contribution in [-0.4, -0.2) is 35.3 Å². The van der Waals surface area contributed by atoms with Gasteiger partial charge in [0.1, 0.15) is 5.03 Å². The quantitative estimate of drug-likeness (QED) is 0.657. The van der Waals surface area contributed by atoms with Crippen LogP contribution in [0, 0.1) is 0 Å². The average Bonchev–Trinajstić information content (AvgIpc) is 2.89. The Labute approximate surface area is 107 Å². The molecule has 0 aliphatic heterocycles. The highest BCUT2D eigenvalue weighted by Crippen LogP contribution is 2.25. The van der Waals surface area contributed by atoms with E-state index in [0.717, 1.165) is 22.2 Å². The number of carbonyl (C=O) groups is 1. The van der Waals surface area contributed by atoms with Gasteiger partial charge in [0.2, 0.25) is 0 Å². The molecule has 5 nitrogen and oxygen atoms in total. The second-order valence-corrected chi connectivity index (χ2v) is 5.15. The van der Waals surface area contributed by atoms with Crippen LogP contribution in [-0.2, 0) is 16.1 Å². The molecule has 17 heavy (non-hydrogen) atoms. The number of ether oxygens (including phenoxy) is 1. The molecule has 2 aromatic heterocycles. The van der Waals surface area contributed by atoms with Crippen LogP contribution in [0.5, 0.6) is 0 Å². The zero-order chi connectivity index (χ0) is 12.3. The van der Waals surface area contributed by atoms with Crippen LogP contribution < -0.4 is 5.32 Å². The van der Waals surface area contributed by atoms with Gasteiger partial charge >= 0.3 is 5.97 Å². The van der Waals surface area contributed by atoms with Gasteiger partial charge in [0, 0.05) is 18.1 Å². The molecule has 0 unspecified atom stereocenters. The maximum Gasteiger partial charge on any atom is 0.316 e. The van der Waals surface area contributed by atoms with Crippen molar-refractivity contribution in [2.75, 3.05) is 19.9 Å². The summed E-state index contributed by atoms with van der Waals surface area (Å²) in [6.45, 7) is 0.724. The predicted molar refractivity (Wildman–Crippen MR) is 68.6 cm³/mol. The lowest BCUT2D eigenvalue weighted by molar-refractivity contribution is -0.137. The van der Waals surface area contributed by atoms with Gasteiger partial charge in [0.25, 0.3) is 0 Å². The SMILES string of the molecule is CNCc1c(SCC(=O)OC)nc2sccn12. The Hall–Kier alpha value is -1.05. The zero-order valence-corrected chi connectivity index (χ0v) is 11.2. The Balaban J connectivity index is 2.22. The van der Waals surface area contributed by atoms with E-state index in [2.05, 4.69) is 15.0 Å². The van der Waals surface area contributed by atoms with Crippen LogP contribution in [0.15, 0.2) is 16.6 Å². The van der Waals surface area contributed by atoms with Gasteiger partial charge in [-0.1, -0.05) is 11.8 Å². The number of hydrogen-bond donors (Lipinski definition) is 1. The van der Waals surface area contributed by atoms with Gasteiger partial charge in [-0.2, -0.15) is 0 Å². The number of hydrogen-bond acceptors (Lipinski definition) is 6. The number of thiazole rings is 1. The third-order valence-electron chi connectivity index (χ3n) is 2.22. The van der Waals surface area contributed by atoms with E-state index >= 15 is 0 Å².